The van der Waals surface area contributed by atoms with Crippen molar-refractivity contribution in [3.05, 3.63) is 58.2 Å². The van der Waals surface area contributed by atoms with Crippen molar-refractivity contribution in [2.75, 3.05) is 13.1 Å². The second kappa shape index (κ2) is 9.41. The van der Waals surface area contributed by atoms with Crippen LogP contribution in [-0.4, -0.2) is 40.2 Å². The quantitative estimate of drug-likeness (QED) is 0.590. The molecule has 2 heterocycles. The molecule has 1 aliphatic rings. The first kappa shape index (κ1) is 20.6. The molecule has 1 aromatic heterocycles. The molecular formula is C20H21ClN2O4S. The molecule has 2 atom stereocenters. The molecule has 3 N–H and O–H groups in total. The summed E-state index contributed by atoms with van der Waals surface area (Å²) in [4.78, 5) is 27.3. The van der Waals surface area contributed by atoms with Gasteiger partial charge in [0.1, 0.15) is 0 Å². The Morgan fingerprint density at radius 1 is 1.29 bits per heavy atom. The highest BCUT2D eigenvalue weighted by Crippen LogP contribution is 2.37. The summed E-state index contributed by atoms with van der Waals surface area (Å²) in [6.45, 7) is 1.11. The number of hydrogen-bond acceptors (Lipinski definition) is 5. The zero-order valence-electron chi connectivity index (χ0n) is 15.1. The van der Waals surface area contributed by atoms with Crippen LogP contribution in [0.15, 0.2) is 41.6 Å². The number of rotatable bonds is 7. The number of thioether (sulfide) groups is 1. The van der Waals surface area contributed by atoms with E-state index in [2.05, 4.69) is 10.3 Å². The summed E-state index contributed by atoms with van der Waals surface area (Å²) in [6.07, 6.45) is 2.03. The highest BCUT2D eigenvalue weighted by molar-refractivity contribution is 7.98. The molecule has 1 aliphatic heterocycles. The summed E-state index contributed by atoms with van der Waals surface area (Å²) in [6, 6.07) is 9.34. The van der Waals surface area contributed by atoms with Crippen LogP contribution >= 0.6 is 23.4 Å². The molecule has 0 spiro atoms. The topological polar surface area (TPSA) is 99.5 Å². The van der Waals surface area contributed by atoms with E-state index in [9.17, 15) is 19.8 Å². The average Bonchev–Trinajstić information content (AvgIpc) is 2.88. The minimum absolute atomic E-state index is 0.415. The lowest BCUT2D eigenvalue weighted by Gasteiger charge is -2.25. The summed E-state index contributed by atoms with van der Waals surface area (Å²) in [7, 11) is 0. The maximum absolute atomic E-state index is 11.8. The van der Waals surface area contributed by atoms with Gasteiger partial charge >= 0.3 is 11.9 Å². The molecule has 2 unspecified atom stereocenters. The van der Waals surface area contributed by atoms with Crippen molar-refractivity contribution in [2.24, 2.45) is 5.92 Å². The number of pyridine rings is 1. The van der Waals surface area contributed by atoms with Crippen molar-refractivity contribution in [1.29, 1.82) is 0 Å². The van der Waals surface area contributed by atoms with E-state index in [-0.39, 0.29) is 0 Å². The third kappa shape index (κ3) is 4.84. The van der Waals surface area contributed by atoms with Gasteiger partial charge in [0.25, 0.3) is 0 Å². The van der Waals surface area contributed by atoms with Crippen LogP contribution in [0.4, 0.5) is 0 Å². The molecular weight excluding hydrogens is 400 g/mol. The maximum Gasteiger partial charge on any atom is 0.307 e. The van der Waals surface area contributed by atoms with Crippen molar-refractivity contribution in [2.45, 2.75) is 29.5 Å². The molecule has 148 valence electrons. The number of hydrogen-bond donors (Lipinski definition) is 3. The van der Waals surface area contributed by atoms with Gasteiger partial charge in [-0.1, -0.05) is 23.7 Å². The molecule has 0 radical (unpaired) electrons. The Hall–Kier alpha value is -2.09. The highest BCUT2D eigenvalue weighted by atomic mass is 35.5. The van der Waals surface area contributed by atoms with Gasteiger partial charge in [0, 0.05) is 29.4 Å². The van der Waals surface area contributed by atoms with Crippen LogP contribution in [0.2, 0.25) is 5.02 Å². The molecule has 1 aromatic carbocycles. The number of benzene rings is 1. The zero-order chi connectivity index (χ0) is 20.1. The fourth-order valence-electron chi connectivity index (χ4n) is 3.59. The summed E-state index contributed by atoms with van der Waals surface area (Å²) < 4.78 is 0. The smallest absolute Gasteiger partial charge is 0.307 e. The lowest BCUT2D eigenvalue weighted by Crippen LogP contribution is -2.31. The van der Waals surface area contributed by atoms with Gasteiger partial charge in [-0.3, -0.25) is 9.59 Å². The lowest BCUT2D eigenvalue weighted by atomic mass is 9.81. The molecule has 0 fully saturated rings. The number of carboxylic acid groups (broad SMARTS) is 2. The Kier molecular flexibility index (Phi) is 6.93. The SMILES string of the molecule is O=C(O)CC(C(=O)O)C1CNCCc2c1ccc(Cl)c2CSc1ccccn1. The van der Waals surface area contributed by atoms with Crippen LogP contribution in [0.1, 0.15) is 29.0 Å². The number of carboxylic acids is 2. The Morgan fingerprint density at radius 3 is 2.79 bits per heavy atom. The number of aromatic nitrogens is 1. The van der Waals surface area contributed by atoms with E-state index in [4.69, 9.17) is 11.6 Å². The van der Waals surface area contributed by atoms with Gasteiger partial charge in [0.2, 0.25) is 0 Å². The van der Waals surface area contributed by atoms with Crippen molar-refractivity contribution in [3.8, 4) is 0 Å². The predicted molar refractivity (Wildman–Crippen MR) is 108 cm³/mol. The minimum Gasteiger partial charge on any atom is -0.481 e. The molecule has 0 saturated heterocycles. The lowest BCUT2D eigenvalue weighted by molar-refractivity contribution is -0.149. The van der Waals surface area contributed by atoms with Crippen molar-refractivity contribution >= 4 is 35.3 Å². The normalized spacial score (nSPS) is 17.4. The molecule has 6 nitrogen and oxygen atoms in total. The third-order valence-electron chi connectivity index (χ3n) is 4.93. The largest absolute Gasteiger partial charge is 0.481 e. The van der Waals surface area contributed by atoms with E-state index < -0.39 is 30.2 Å². The number of carbonyl (C=O) groups is 2. The number of aliphatic carboxylic acids is 2. The first-order chi connectivity index (χ1) is 13.5. The van der Waals surface area contributed by atoms with Gasteiger partial charge in [-0.2, -0.15) is 0 Å². The average molecular weight is 421 g/mol. The van der Waals surface area contributed by atoms with Crippen LogP contribution < -0.4 is 5.32 Å². The van der Waals surface area contributed by atoms with Gasteiger partial charge in [0.15, 0.2) is 0 Å². The van der Waals surface area contributed by atoms with Crippen LogP contribution in [-0.2, 0) is 21.8 Å². The van der Waals surface area contributed by atoms with Crippen LogP contribution in [0.3, 0.4) is 0 Å². The second-order valence-electron chi connectivity index (χ2n) is 6.65. The van der Waals surface area contributed by atoms with Crippen molar-refractivity contribution in [3.63, 3.8) is 0 Å². The van der Waals surface area contributed by atoms with Crippen LogP contribution in [0.25, 0.3) is 0 Å². The fourth-order valence-corrected chi connectivity index (χ4v) is 4.84. The molecule has 28 heavy (non-hydrogen) atoms. The monoisotopic (exact) mass is 420 g/mol. The van der Waals surface area contributed by atoms with E-state index in [1.54, 1.807) is 24.0 Å². The highest BCUT2D eigenvalue weighted by Gasteiger charge is 2.34. The predicted octanol–water partition coefficient (Wildman–Crippen LogP) is 3.43. The Bertz CT molecular complexity index is 863. The van der Waals surface area contributed by atoms with Gasteiger partial charge in [-0.25, -0.2) is 4.98 Å². The second-order valence-corrected chi connectivity index (χ2v) is 8.06. The fraction of sp³-hybridized carbons (Fsp3) is 0.350. The van der Waals surface area contributed by atoms with Gasteiger partial charge in [-0.15, -0.1) is 11.8 Å². The molecule has 0 aliphatic carbocycles. The first-order valence-corrected chi connectivity index (χ1v) is 10.3. The van der Waals surface area contributed by atoms with Crippen LogP contribution in [0.5, 0.6) is 0 Å². The van der Waals surface area contributed by atoms with Gasteiger partial charge < -0.3 is 15.5 Å². The van der Waals surface area contributed by atoms with E-state index in [1.165, 1.54) is 0 Å². The Morgan fingerprint density at radius 2 is 2.11 bits per heavy atom. The summed E-state index contributed by atoms with van der Waals surface area (Å²) in [5.74, 6) is -3.02. The zero-order valence-corrected chi connectivity index (χ0v) is 16.7. The standard InChI is InChI=1S/C20H21ClN2O4S/c21-17-5-4-12-13(16(17)11-28-18-3-1-2-7-23-18)6-8-22-10-15(12)14(20(26)27)9-19(24)25/h1-5,7,14-15,22H,6,8-11H2,(H,24,25)(H,26,27). The molecule has 0 bridgehead atoms. The molecule has 0 saturated carbocycles. The van der Waals surface area contributed by atoms with E-state index >= 15 is 0 Å². The first-order valence-electron chi connectivity index (χ1n) is 8.96. The van der Waals surface area contributed by atoms with E-state index in [0.717, 1.165) is 21.7 Å². The van der Waals surface area contributed by atoms with Crippen molar-refractivity contribution in [1.82, 2.24) is 10.3 Å². The Balaban J connectivity index is 1.96. The van der Waals surface area contributed by atoms with E-state index in [1.807, 2.05) is 24.3 Å². The minimum atomic E-state index is -1.11. The number of fused-ring (bicyclic) bond motifs is 1. The molecule has 2 aromatic rings. The van der Waals surface area contributed by atoms with Crippen molar-refractivity contribution < 1.29 is 19.8 Å². The summed E-state index contributed by atoms with van der Waals surface area (Å²) in [5.41, 5.74) is 2.85. The van der Waals surface area contributed by atoms with Gasteiger partial charge in [-0.05, 0) is 47.9 Å². The summed E-state index contributed by atoms with van der Waals surface area (Å²) >= 11 is 8.06. The third-order valence-corrected chi connectivity index (χ3v) is 6.25. The number of nitrogens with zero attached hydrogens (tertiary/aromatic N) is 1. The molecule has 3 rings (SSSR count). The van der Waals surface area contributed by atoms with E-state index in [0.29, 0.717) is 30.3 Å². The molecule has 8 heteroatoms. The number of halogens is 1. The number of nitrogens with one attached hydrogen (secondary N) is 1. The molecule has 0 amide bonds. The van der Waals surface area contributed by atoms with Crippen LogP contribution in [0, 0.1) is 5.92 Å². The Labute approximate surface area is 172 Å². The van der Waals surface area contributed by atoms with Gasteiger partial charge in [0.05, 0.1) is 17.4 Å². The summed E-state index contributed by atoms with van der Waals surface area (Å²) in [5, 5.41) is 23.6. The maximum atomic E-state index is 11.8.